The summed E-state index contributed by atoms with van der Waals surface area (Å²) >= 11 is 0. The Balaban J connectivity index is 3.19. The molecule has 0 heterocycles. The third-order valence-corrected chi connectivity index (χ3v) is 9.97. The quantitative estimate of drug-likeness (QED) is 0.445. The van der Waals surface area contributed by atoms with Gasteiger partial charge in [-0.15, -0.1) is 0 Å². The third kappa shape index (κ3) is 6.60. The minimum atomic E-state index is -2.03. The Morgan fingerprint density at radius 1 is 1.17 bits per heavy atom. The number of carboxylic acid groups (broad SMARTS) is 1. The number of carbonyl (C=O) groups excluding carboxylic acids is 1. The Kier molecular flexibility index (Phi) is 8.04. The second-order valence-corrected chi connectivity index (χ2v) is 13.8. The van der Waals surface area contributed by atoms with Gasteiger partial charge in [0.2, 0.25) is 8.32 Å². The predicted octanol–water partition coefficient (Wildman–Crippen LogP) is 5.04. The molecule has 1 rings (SSSR count). The summed E-state index contributed by atoms with van der Waals surface area (Å²) in [6.07, 6.45) is -0.447. The zero-order valence-corrected chi connectivity index (χ0v) is 19.5. The van der Waals surface area contributed by atoms with E-state index in [0.717, 1.165) is 0 Å². The molecule has 0 spiro atoms. The van der Waals surface area contributed by atoms with Crippen molar-refractivity contribution in [2.75, 3.05) is 0 Å². The van der Waals surface area contributed by atoms with E-state index in [2.05, 4.69) is 39.9 Å². The van der Waals surface area contributed by atoms with Gasteiger partial charge in [0.05, 0.1) is 25.0 Å². The van der Waals surface area contributed by atoms with Crippen molar-refractivity contribution < 1.29 is 23.9 Å². The topological polar surface area (TPSA) is 96.6 Å². The maximum Gasteiger partial charge on any atom is 0.308 e. The van der Waals surface area contributed by atoms with Gasteiger partial charge >= 0.3 is 11.9 Å². The highest BCUT2D eigenvalue weighted by Gasteiger charge is 2.40. The first-order valence-corrected chi connectivity index (χ1v) is 12.8. The number of nitrogens with zero attached hydrogens (tertiary/aromatic N) is 1. The lowest BCUT2D eigenvalue weighted by Crippen LogP contribution is -2.43. The molecule has 1 aromatic carbocycles. The van der Waals surface area contributed by atoms with Crippen LogP contribution in [0.25, 0.3) is 0 Å². The Morgan fingerprint density at radius 3 is 2.14 bits per heavy atom. The van der Waals surface area contributed by atoms with E-state index in [1.54, 1.807) is 31.2 Å². The van der Waals surface area contributed by atoms with Crippen LogP contribution in [0.1, 0.15) is 59.4 Å². The average Bonchev–Trinajstić information content (AvgIpc) is 2.59. The lowest BCUT2D eigenvalue weighted by molar-refractivity contribution is -0.149. The largest absolute Gasteiger partial charge is 0.544 e. The van der Waals surface area contributed by atoms with Crippen LogP contribution < -0.4 is 4.43 Å². The first kappa shape index (κ1) is 24.7. The Bertz CT molecular complexity index is 761. The standard InChI is InChI=1S/C22H33NO5Si/c1-8-16(2)27-20(26)14-22(15-23,13-19(24)25)17-9-11-18(12-10-17)28-29(6,7)21(3,4)5/h9-12,16H,8,13-14H2,1-7H3,(H,24,25). The van der Waals surface area contributed by atoms with Crippen molar-refractivity contribution in [3.05, 3.63) is 29.8 Å². The second-order valence-electron chi connectivity index (χ2n) is 9.04. The molecule has 0 saturated heterocycles. The summed E-state index contributed by atoms with van der Waals surface area (Å²) in [5.41, 5.74) is -1.03. The van der Waals surface area contributed by atoms with Crippen LogP contribution in [0.4, 0.5) is 0 Å². The molecule has 1 N–H and O–H groups in total. The van der Waals surface area contributed by atoms with E-state index in [-0.39, 0.29) is 17.6 Å². The molecule has 0 aliphatic carbocycles. The molecule has 0 aliphatic heterocycles. The van der Waals surface area contributed by atoms with Gasteiger partial charge in [0, 0.05) is 0 Å². The highest BCUT2D eigenvalue weighted by molar-refractivity contribution is 6.74. The van der Waals surface area contributed by atoms with E-state index in [4.69, 9.17) is 9.16 Å². The van der Waals surface area contributed by atoms with Crippen molar-refractivity contribution >= 4 is 20.3 Å². The molecule has 0 aromatic heterocycles. The van der Waals surface area contributed by atoms with Crippen molar-refractivity contribution in [3.63, 3.8) is 0 Å². The number of esters is 1. The van der Waals surface area contributed by atoms with Crippen LogP contribution in [0, 0.1) is 11.3 Å². The molecule has 7 heteroatoms. The first-order chi connectivity index (χ1) is 13.3. The smallest absolute Gasteiger partial charge is 0.308 e. The van der Waals surface area contributed by atoms with Gasteiger partial charge < -0.3 is 14.3 Å². The van der Waals surface area contributed by atoms with E-state index in [0.29, 0.717) is 17.7 Å². The second kappa shape index (κ2) is 9.44. The number of aliphatic carboxylic acids is 1. The van der Waals surface area contributed by atoms with Gasteiger partial charge in [-0.1, -0.05) is 39.8 Å². The molecular formula is C22H33NO5Si. The highest BCUT2D eigenvalue weighted by atomic mass is 28.4. The Hall–Kier alpha value is -2.33. The summed E-state index contributed by atoms with van der Waals surface area (Å²) in [7, 11) is -2.03. The third-order valence-electron chi connectivity index (χ3n) is 5.61. The number of hydrogen-bond acceptors (Lipinski definition) is 5. The summed E-state index contributed by atoms with van der Waals surface area (Å²) < 4.78 is 11.5. The summed E-state index contributed by atoms with van der Waals surface area (Å²) in [6.45, 7) is 14.3. The average molecular weight is 420 g/mol. The van der Waals surface area contributed by atoms with E-state index in [1.165, 1.54) is 0 Å². The summed E-state index contributed by atoms with van der Waals surface area (Å²) in [5.74, 6) is -1.06. The van der Waals surface area contributed by atoms with Gasteiger partial charge in [0.1, 0.15) is 11.2 Å². The van der Waals surface area contributed by atoms with Crippen LogP contribution >= 0.6 is 0 Å². The van der Waals surface area contributed by atoms with Crippen molar-refractivity contribution in [1.29, 1.82) is 5.26 Å². The molecule has 29 heavy (non-hydrogen) atoms. The molecule has 0 fully saturated rings. The monoisotopic (exact) mass is 419 g/mol. The van der Waals surface area contributed by atoms with E-state index in [1.807, 2.05) is 6.92 Å². The fourth-order valence-electron chi connectivity index (χ4n) is 2.55. The maximum atomic E-state index is 12.3. The first-order valence-electron chi connectivity index (χ1n) is 9.88. The van der Waals surface area contributed by atoms with Crippen LogP contribution in [-0.4, -0.2) is 31.5 Å². The van der Waals surface area contributed by atoms with E-state index in [9.17, 15) is 20.0 Å². The highest BCUT2D eigenvalue weighted by Crippen LogP contribution is 2.38. The summed E-state index contributed by atoms with van der Waals surface area (Å²) in [4.78, 5) is 23.8. The Labute approximate surface area is 175 Å². The number of rotatable bonds is 9. The van der Waals surface area contributed by atoms with Crippen molar-refractivity contribution in [2.24, 2.45) is 0 Å². The Morgan fingerprint density at radius 2 is 1.72 bits per heavy atom. The molecule has 160 valence electrons. The van der Waals surface area contributed by atoms with Gasteiger partial charge in [0.15, 0.2) is 0 Å². The number of carboxylic acids is 1. The molecule has 1 aromatic rings. The normalized spacial score (nSPS) is 15.0. The molecule has 0 bridgehead atoms. The number of carbonyl (C=O) groups is 2. The number of benzene rings is 1. The van der Waals surface area contributed by atoms with Gasteiger partial charge in [-0.3, -0.25) is 9.59 Å². The minimum absolute atomic E-state index is 0.0329. The molecule has 2 unspecified atom stereocenters. The van der Waals surface area contributed by atoms with E-state index >= 15 is 0 Å². The molecule has 0 saturated carbocycles. The lowest BCUT2D eigenvalue weighted by Gasteiger charge is -2.36. The van der Waals surface area contributed by atoms with E-state index < -0.39 is 32.1 Å². The summed E-state index contributed by atoms with van der Waals surface area (Å²) in [6, 6.07) is 8.89. The molecule has 2 atom stereocenters. The lowest BCUT2D eigenvalue weighted by atomic mass is 9.76. The van der Waals surface area contributed by atoms with Gasteiger partial charge in [-0.25, -0.2) is 0 Å². The molecule has 0 radical (unpaired) electrons. The van der Waals surface area contributed by atoms with Crippen molar-refractivity contribution in [3.8, 4) is 11.8 Å². The van der Waals surface area contributed by atoms with Crippen LogP contribution in [-0.2, 0) is 19.7 Å². The minimum Gasteiger partial charge on any atom is -0.544 e. The molecule has 0 amide bonds. The van der Waals surface area contributed by atoms with Crippen molar-refractivity contribution in [1.82, 2.24) is 0 Å². The fraction of sp³-hybridized carbons (Fsp3) is 0.591. The number of nitriles is 1. The predicted molar refractivity (Wildman–Crippen MR) is 114 cm³/mol. The molecule has 0 aliphatic rings. The van der Waals surface area contributed by atoms with Crippen LogP contribution in [0.15, 0.2) is 24.3 Å². The zero-order chi connectivity index (χ0) is 22.5. The number of ether oxygens (including phenoxy) is 1. The maximum absolute atomic E-state index is 12.3. The van der Waals surface area contributed by atoms with Gasteiger partial charge in [-0.05, 0) is 49.2 Å². The van der Waals surface area contributed by atoms with Crippen LogP contribution in [0.2, 0.25) is 18.1 Å². The van der Waals surface area contributed by atoms with Gasteiger partial charge in [0.25, 0.3) is 0 Å². The zero-order valence-electron chi connectivity index (χ0n) is 18.5. The fourth-order valence-corrected chi connectivity index (χ4v) is 3.59. The molecule has 6 nitrogen and oxygen atoms in total. The van der Waals surface area contributed by atoms with Gasteiger partial charge in [-0.2, -0.15) is 5.26 Å². The van der Waals surface area contributed by atoms with Crippen LogP contribution in [0.3, 0.4) is 0 Å². The SMILES string of the molecule is CCC(C)OC(=O)CC(C#N)(CC(=O)O)c1ccc(O[Si](C)(C)C(C)(C)C)cc1. The van der Waals surface area contributed by atoms with Crippen LogP contribution in [0.5, 0.6) is 5.75 Å². The number of hydrogen-bond donors (Lipinski definition) is 1. The molecular weight excluding hydrogens is 386 g/mol. The summed E-state index contributed by atoms with van der Waals surface area (Å²) in [5, 5.41) is 19.2. The van der Waals surface area contributed by atoms with Crippen molar-refractivity contribution in [2.45, 2.75) is 83.5 Å².